The molecule has 1 aliphatic heterocycles. The molecule has 0 N–H and O–H groups in total. The molecule has 0 aromatic heterocycles. The van der Waals surface area contributed by atoms with E-state index in [2.05, 4.69) is 83.8 Å². The van der Waals surface area contributed by atoms with Gasteiger partial charge in [-0.3, -0.25) is 0 Å². The van der Waals surface area contributed by atoms with Crippen LogP contribution >= 0.6 is 0 Å². The second-order valence-electron chi connectivity index (χ2n) is 4.71. The summed E-state index contributed by atoms with van der Waals surface area (Å²) >= 11 is 0. The van der Waals surface area contributed by atoms with Gasteiger partial charge in [0, 0.05) is 24.3 Å². The zero-order chi connectivity index (χ0) is 12.7. The fourth-order valence-corrected chi connectivity index (χ4v) is 2.78. The molecule has 19 heavy (non-hydrogen) atoms. The van der Waals surface area contributed by atoms with Crippen molar-refractivity contribution in [3.8, 4) is 11.1 Å². The first-order chi connectivity index (χ1) is 9.45. The molecule has 3 aromatic rings. The summed E-state index contributed by atoms with van der Waals surface area (Å²) in [4.78, 5) is 2.32. The Bertz CT molecular complexity index is 686. The lowest BCUT2D eigenvalue weighted by Gasteiger charge is -2.05. The van der Waals surface area contributed by atoms with Crippen molar-refractivity contribution in [2.75, 3.05) is 0 Å². The van der Waals surface area contributed by atoms with Gasteiger partial charge < -0.3 is 0 Å². The van der Waals surface area contributed by atoms with Crippen LogP contribution in [0.15, 0.2) is 78.9 Å². The van der Waals surface area contributed by atoms with Crippen molar-refractivity contribution in [1.29, 1.82) is 0 Å². The fourth-order valence-electron chi connectivity index (χ4n) is 2.78. The summed E-state index contributed by atoms with van der Waals surface area (Å²) in [6, 6.07) is 27.7. The molecule has 1 aliphatic rings. The maximum atomic E-state index is 2.32. The van der Waals surface area contributed by atoms with Crippen molar-refractivity contribution >= 4 is 17.1 Å². The molecule has 0 fully saturated rings. The van der Waals surface area contributed by atoms with E-state index in [9.17, 15) is 0 Å². The minimum absolute atomic E-state index is 1.21. The topological polar surface area (TPSA) is 5.90 Å². The molecule has 0 atom stereocenters. The molecule has 0 saturated heterocycles. The number of hydrogen-bond acceptors (Lipinski definition) is 1. The predicted octanol–water partition coefficient (Wildman–Crippen LogP) is 5.10. The van der Waals surface area contributed by atoms with Crippen molar-refractivity contribution in [3.63, 3.8) is 0 Å². The van der Waals surface area contributed by atoms with Crippen LogP contribution in [0.1, 0.15) is 0 Å². The third-order valence-electron chi connectivity index (χ3n) is 3.59. The Morgan fingerprint density at radius 2 is 0.947 bits per heavy atom. The van der Waals surface area contributed by atoms with Gasteiger partial charge in [-0.1, -0.05) is 47.4 Å². The summed E-state index contributed by atoms with van der Waals surface area (Å²) in [6.45, 7) is 0. The van der Waals surface area contributed by atoms with Gasteiger partial charge in [-0.2, -0.15) is 0 Å². The number of hydrogen-bond donors (Lipinski definition) is 0. The zero-order valence-electron chi connectivity index (χ0n) is 10.5. The maximum absolute atomic E-state index is 2.32. The van der Waals surface area contributed by atoms with Crippen LogP contribution in [0.3, 0.4) is 0 Å². The third-order valence-corrected chi connectivity index (χ3v) is 3.59. The van der Waals surface area contributed by atoms with Crippen LogP contribution in [0.5, 0.6) is 0 Å². The molecule has 89 valence electrons. The molecule has 0 unspecified atom stereocenters. The van der Waals surface area contributed by atoms with Crippen molar-refractivity contribution < 1.29 is 0 Å². The van der Waals surface area contributed by atoms with E-state index in [4.69, 9.17) is 0 Å². The second-order valence-corrected chi connectivity index (χ2v) is 4.71. The lowest BCUT2D eigenvalue weighted by molar-refractivity contribution is 0.958. The van der Waals surface area contributed by atoms with Crippen LogP contribution in [0.4, 0.5) is 17.1 Å². The minimum atomic E-state index is 1.21. The summed E-state index contributed by atoms with van der Waals surface area (Å²) < 4.78 is 0. The van der Waals surface area contributed by atoms with Crippen molar-refractivity contribution in [3.05, 3.63) is 78.9 Å². The Morgan fingerprint density at radius 3 is 1.53 bits per heavy atom. The van der Waals surface area contributed by atoms with Gasteiger partial charge in [-0.25, -0.2) is 0 Å². The molecule has 1 heterocycles. The van der Waals surface area contributed by atoms with Gasteiger partial charge in [-0.05, 0) is 12.1 Å². The standard InChI is InChI=1S/C18H13N/c1-2-8-14(9-3-1)19-17-12-6-4-10-15(17)16-11-5-7-13-18(16)19/h1-13H/q+1. The van der Waals surface area contributed by atoms with Gasteiger partial charge in [0.2, 0.25) is 11.4 Å². The number of anilines is 3. The van der Waals surface area contributed by atoms with Gasteiger partial charge in [0.15, 0.2) is 5.69 Å². The highest BCUT2D eigenvalue weighted by atomic mass is 15.2. The van der Waals surface area contributed by atoms with Crippen LogP contribution in [-0.4, -0.2) is 0 Å². The second kappa shape index (κ2) is 4.08. The fraction of sp³-hybridized carbons (Fsp3) is 0. The van der Waals surface area contributed by atoms with Crippen molar-refractivity contribution in [2.24, 2.45) is 0 Å². The largest absolute Gasteiger partial charge is 0.200 e. The molecular weight excluding hydrogens is 230 g/mol. The Labute approximate surface area is 112 Å². The number of nitrogens with zero attached hydrogens (tertiary/aromatic N) is 1. The van der Waals surface area contributed by atoms with Crippen LogP contribution in [0, 0.1) is 0 Å². The molecule has 4 rings (SSSR count). The summed E-state index contributed by atoms with van der Waals surface area (Å²) in [5.74, 6) is 0. The molecule has 1 radical (unpaired) electrons. The van der Waals surface area contributed by atoms with E-state index in [1.165, 1.54) is 28.2 Å². The Morgan fingerprint density at radius 1 is 0.474 bits per heavy atom. The van der Waals surface area contributed by atoms with Crippen molar-refractivity contribution in [1.82, 2.24) is 4.90 Å². The first-order valence-corrected chi connectivity index (χ1v) is 6.49. The van der Waals surface area contributed by atoms with E-state index in [0.29, 0.717) is 0 Å². The molecule has 0 bridgehead atoms. The molecule has 3 aromatic carbocycles. The van der Waals surface area contributed by atoms with E-state index in [-0.39, 0.29) is 0 Å². The van der Waals surface area contributed by atoms with Crippen molar-refractivity contribution in [2.45, 2.75) is 0 Å². The first kappa shape index (κ1) is 10.5. The first-order valence-electron chi connectivity index (χ1n) is 6.49. The van der Waals surface area contributed by atoms with Gasteiger partial charge >= 0.3 is 0 Å². The Balaban J connectivity index is 2.02. The third kappa shape index (κ3) is 1.52. The molecular formula is C18H13N+. The summed E-state index contributed by atoms with van der Waals surface area (Å²) in [5, 5.41) is 0. The highest BCUT2D eigenvalue weighted by Crippen LogP contribution is 2.50. The molecule has 0 amide bonds. The van der Waals surface area contributed by atoms with Crippen LogP contribution in [0.2, 0.25) is 0 Å². The van der Waals surface area contributed by atoms with Gasteiger partial charge in [0.05, 0.1) is 11.1 Å². The summed E-state index contributed by atoms with van der Waals surface area (Å²) in [7, 11) is 0. The zero-order valence-corrected chi connectivity index (χ0v) is 10.5. The van der Waals surface area contributed by atoms with Crippen LogP contribution in [-0.2, 0) is 0 Å². The summed E-state index contributed by atoms with van der Waals surface area (Å²) in [5.41, 5.74) is 6.34. The monoisotopic (exact) mass is 243 g/mol. The quantitative estimate of drug-likeness (QED) is 0.410. The van der Waals surface area contributed by atoms with Crippen LogP contribution < -0.4 is 4.90 Å². The van der Waals surface area contributed by atoms with Crippen LogP contribution in [0.25, 0.3) is 11.1 Å². The highest BCUT2D eigenvalue weighted by Gasteiger charge is 2.37. The number of para-hydroxylation sites is 3. The number of rotatable bonds is 1. The lowest BCUT2D eigenvalue weighted by atomic mass is 10.1. The maximum Gasteiger partial charge on any atom is 0.200 e. The SMILES string of the molecule is c1ccc([N+]2c3ccccc3-c3ccccc32)cc1. The van der Waals surface area contributed by atoms with E-state index in [0.717, 1.165) is 0 Å². The normalized spacial score (nSPS) is 13.1. The number of fused-ring (bicyclic) bond motifs is 3. The Kier molecular flexibility index (Phi) is 2.26. The molecule has 0 saturated carbocycles. The van der Waals surface area contributed by atoms with E-state index >= 15 is 0 Å². The average molecular weight is 243 g/mol. The van der Waals surface area contributed by atoms with E-state index in [1.54, 1.807) is 0 Å². The lowest BCUT2D eigenvalue weighted by Crippen LogP contribution is -2.07. The highest BCUT2D eigenvalue weighted by molar-refractivity contribution is 5.95. The number of benzene rings is 3. The molecule has 0 spiro atoms. The minimum Gasteiger partial charge on any atom is -0.0618 e. The molecule has 0 aliphatic carbocycles. The Hall–Kier alpha value is -2.38. The molecule has 1 nitrogen and oxygen atoms in total. The van der Waals surface area contributed by atoms with Gasteiger partial charge in [-0.15, -0.1) is 0 Å². The average Bonchev–Trinajstić information content (AvgIpc) is 2.83. The van der Waals surface area contributed by atoms with E-state index in [1.807, 2.05) is 0 Å². The predicted molar refractivity (Wildman–Crippen MR) is 79.4 cm³/mol. The smallest absolute Gasteiger partial charge is 0.0618 e. The van der Waals surface area contributed by atoms with Gasteiger partial charge in [0.1, 0.15) is 0 Å². The van der Waals surface area contributed by atoms with Gasteiger partial charge in [0.25, 0.3) is 0 Å². The molecule has 1 heteroatoms. The van der Waals surface area contributed by atoms with E-state index < -0.39 is 0 Å². The summed E-state index contributed by atoms with van der Waals surface area (Å²) in [6.07, 6.45) is 0.